The van der Waals surface area contributed by atoms with E-state index < -0.39 is 11.4 Å². The van der Waals surface area contributed by atoms with E-state index in [1.54, 1.807) is 55.1 Å². The highest BCUT2D eigenvalue weighted by Crippen LogP contribution is 2.21. The Morgan fingerprint density at radius 1 is 1.09 bits per heavy atom. The van der Waals surface area contributed by atoms with Crippen LogP contribution in [0.25, 0.3) is 16.6 Å². The topological polar surface area (TPSA) is 83.3 Å². The summed E-state index contributed by atoms with van der Waals surface area (Å²) in [6, 6.07) is 11.0. The van der Waals surface area contributed by atoms with Gasteiger partial charge < -0.3 is 14.0 Å². The van der Waals surface area contributed by atoms with E-state index >= 15 is 0 Å². The SMILES string of the molecule is CCOC(=O)c1cn(-c2ccc(F)cc2)c2ccc(COc3cnc(C)nc3)cc2c1=O. The van der Waals surface area contributed by atoms with Gasteiger partial charge in [-0.25, -0.2) is 19.2 Å². The minimum Gasteiger partial charge on any atom is -0.486 e. The van der Waals surface area contributed by atoms with Gasteiger partial charge in [0.15, 0.2) is 5.75 Å². The van der Waals surface area contributed by atoms with Crippen molar-refractivity contribution in [3.63, 3.8) is 0 Å². The molecule has 4 rings (SSSR count). The molecular formula is C24H20FN3O4. The van der Waals surface area contributed by atoms with Crippen LogP contribution in [0, 0.1) is 12.7 Å². The van der Waals surface area contributed by atoms with Crippen molar-refractivity contribution in [2.24, 2.45) is 0 Å². The molecule has 0 aliphatic carbocycles. The summed E-state index contributed by atoms with van der Waals surface area (Å²) in [5, 5.41) is 0.320. The summed E-state index contributed by atoms with van der Waals surface area (Å²) in [7, 11) is 0. The molecule has 8 heteroatoms. The number of halogens is 1. The number of carbonyl (C=O) groups is 1. The third kappa shape index (κ3) is 4.34. The number of benzene rings is 2. The fourth-order valence-corrected chi connectivity index (χ4v) is 3.26. The number of fused-ring (bicyclic) bond motifs is 1. The molecule has 162 valence electrons. The Morgan fingerprint density at radius 3 is 2.50 bits per heavy atom. The Balaban J connectivity index is 1.79. The Kier molecular flexibility index (Phi) is 5.93. The molecule has 32 heavy (non-hydrogen) atoms. The molecular weight excluding hydrogens is 413 g/mol. The van der Waals surface area contributed by atoms with Gasteiger partial charge in [-0.2, -0.15) is 0 Å². The average molecular weight is 433 g/mol. The van der Waals surface area contributed by atoms with Gasteiger partial charge in [0.05, 0.1) is 24.5 Å². The highest BCUT2D eigenvalue weighted by atomic mass is 19.1. The molecule has 0 amide bonds. The van der Waals surface area contributed by atoms with Crippen LogP contribution in [0.1, 0.15) is 28.7 Å². The molecule has 0 bridgehead atoms. The van der Waals surface area contributed by atoms with Gasteiger partial charge in [0.1, 0.15) is 23.8 Å². The molecule has 0 saturated heterocycles. The van der Waals surface area contributed by atoms with Crippen LogP contribution in [0.3, 0.4) is 0 Å². The number of hydrogen-bond acceptors (Lipinski definition) is 6. The number of aromatic nitrogens is 3. The van der Waals surface area contributed by atoms with Crippen molar-refractivity contribution in [3.05, 3.63) is 94.0 Å². The van der Waals surface area contributed by atoms with E-state index in [2.05, 4.69) is 9.97 Å². The van der Waals surface area contributed by atoms with Gasteiger partial charge in [-0.1, -0.05) is 6.07 Å². The molecule has 0 unspecified atom stereocenters. The molecule has 0 aliphatic heterocycles. The molecule has 4 aromatic rings. The van der Waals surface area contributed by atoms with Crippen LogP contribution in [0.4, 0.5) is 4.39 Å². The number of ether oxygens (including phenoxy) is 2. The fraction of sp³-hybridized carbons (Fsp3) is 0.167. The molecule has 0 radical (unpaired) electrons. The predicted molar refractivity (Wildman–Crippen MR) is 117 cm³/mol. The van der Waals surface area contributed by atoms with Gasteiger partial charge in [-0.3, -0.25) is 4.79 Å². The molecule has 2 aromatic heterocycles. The van der Waals surface area contributed by atoms with Crippen LogP contribution in [0.5, 0.6) is 5.75 Å². The number of esters is 1. The minimum absolute atomic E-state index is 0.103. The van der Waals surface area contributed by atoms with Gasteiger partial charge in [-0.05, 0) is 55.8 Å². The molecule has 0 atom stereocenters. The third-order valence-electron chi connectivity index (χ3n) is 4.83. The van der Waals surface area contributed by atoms with Crippen molar-refractivity contribution in [2.75, 3.05) is 6.61 Å². The lowest BCUT2D eigenvalue weighted by molar-refractivity contribution is 0.0524. The van der Waals surface area contributed by atoms with Gasteiger partial charge in [-0.15, -0.1) is 0 Å². The van der Waals surface area contributed by atoms with Gasteiger partial charge in [0, 0.05) is 17.3 Å². The highest BCUT2D eigenvalue weighted by molar-refractivity contribution is 5.94. The number of nitrogens with zero attached hydrogens (tertiary/aromatic N) is 3. The molecule has 2 heterocycles. The van der Waals surface area contributed by atoms with Crippen LogP contribution < -0.4 is 10.2 Å². The van der Waals surface area contributed by atoms with E-state index in [9.17, 15) is 14.0 Å². The summed E-state index contributed by atoms with van der Waals surface area (Å²) in [6.45, 7) is 3.77. The predicted octanol–water partition coefficient (Wildman–Crippen LogP) is 3.98. The largest absolute Gasteiger partial charge is 0.486 e. The molecule has 7 nitrogen and oxygen atoms in total. The zero-order chi connectivity index (χ0) is 22.7. The van der Waals surface area contributed by atoms with E-state index in [0.717, 1.165) is 5.56 Å². The molecule has 0 spiro atoms. The van der Waals surface area contributed by atoms with Crippen molar-refractivity contribution in [3.8, 4) is 11.4 Å². The van der Waals surface area contributed by atoms with Crippen molar-refractivity contribution in [1.82, 2.24) is 14.5 Å². The van der Waals surface area contributed by atoms with Gasteiger partial charge >= 0.3 is 5.97 Å². The quantitative estimate of drug-likeness (QED) is 0.428. The lowest BCUT2D eigenvalue weighted by atomic mass is 10.1. The first-order chi connectivity index (χ1) is 15.5. The molecule has 0 saturated carbocycles. The van der Waals surface area contributed by atoms with Gasteiger partial charge in [0.25, 0.3) is 0 Å². The Hall–Kier alpha value is -4.07. The number of rotatable bonds is 6. The Morgan fingerprint density at radius 2 is 1.81 bits per heavy atom. The zero-order valence-electron chi connectivity index (χ0n) is 17.5. The summed E-state index contributed by atoms with van der Waals surface area (Å²) in [5.41, 5.74) is 1.34. The van der Waals surface area contributed by atoms with Crippen molar-refractivity contribution in [2.45, 2.75) is 20.5 Å². The van der Waals surface area contributed by atoms with Gasteiger partial charge in [0.2, 0.25) is 5.43 Å². The van der Waals surface area contributed by atoms with Crippen LogP contribution in [-0.4, -0.2) is 27.1 Å². The van der Waals surface area contributed by atoms with E-state index in [1.807, 2.05) is 6.07 Å². The lowest BCUT2D eigenvalue weighted by Gasteiger charge is -2.14. The molecule has 0 fully saturated rings. The van der Waals surface area contributed by atoms with E-state index in [1.165, 1.54) is 18.3 Å². The van der Waals surface area contributed by atoms with E-state index in [0.29, 0.717) is 28.2 Å². The highest BCUT2D eigenvalue weighted by Gasteiger charge is 2.18. The fourth-order valence-electron chi connectivity index (χ4n) is 3.26. The maximum Gasteiger partial charge on any atom is 0.343 e. The summed E-state index contributed by atoms with van der Waals surface area (Å²) in [5.74, 6) is 0.0357. The number of hydrogen-bond donors (Lipinski definition) is 0. The second-order valence-corrected chi connectivity index (χ2v) is 7.04. The second-order valence-electron chi connectivity index (χ2n) is 7.04. The number of carbonyl (C=O) groups excluding carboxylic acids is 1. The number of aryl methyl sites for hydroxylation is 1. The maximum absolute atomic E-state index is 13.4. The minimum atomic E-state index is -0.714. The van der Waals surface area contributed by atoms with Crippen LogP contribution in [0.2, 0.25) is 0 Å². The normalized spacial score (nSPS) is 10.8. The first-order valence-corrected chi connectivity index (χ1v) is 9.99. The van der Waals surface area contributed by atoms with Crippen LogP contribution in [-0.2, 0) is 11.3 Å². The molecule has 0 aliphatic rings. The second kappa shape index (κ2) is 8.97. The smallest absolute Gasteiger partial charge is 0.343 e. The summed E-state index contributed by atoms with van der Waals surface area (Å²) < 4.78 is 25.9. The summed E-state index contributed by atoms with van der Waals surface area (Å²) in [6.07, 6.45) is 4.57. The summed E-state index contributed by atoms with van der Waals surface area (Å²) >= 11 is 0. The van der Waals surface area contributed by atoms with Crippen LogP contribution >= 0.6 is 0 Å². The van der Waals surface area contributed by atoms with Crippen LogP contribution in [0.15, 0.2) is 65.8 Å². The average Bonchev–Trinajstić information content (AvgIpc) is 2.80. The van der Waals surface area contributed by atoms with E-state index in [-0.39, 0.29) is 24.6 Å². The maximum atomic E-state index is 13.4. The lowest BCUT2D eigenvalue weighted by Crippen LogP contribution is -2.20. The zero-order valence-corrected chi connectivity index (χ0v) is 17.5. The summed E-state index contributed by atoms with van der Waals surface area (Å²) in [4.78, 5) is 33.7. The first-order valence-electron chi connectivity index (χ1n) is 9.99. The van der Waals surface area contributed by atoms with Crippen molar-refractivity contribution in [1.29, 1.82) is 0 Å². The van der Waals surface area contributed by atoms with E-state index in [4.69, 9.17) is 9.47 Å². The Bertz CT molecular complexity index is 1330. The monoisotopic (exact) mass is 433 g/mol. The third-order valence-corrected chi connectivity index (χ3v) is 4.83. The standard InChI is InChI=1S/C24H20FN3O4/c1-3-31-24(30)21-13-28(18-7-5-17(25)6-8-18)22-9-4-16(10-20(22)23(21)29)14-32-19-11-26-15(2)27-12-19/h4-13H,3,14H2,1-2H3. The van der Waals surface area contributed by atoms with Crippen molar-refractivity contribution >= 4 is 16.9 Å². The molecule has 2 aromatic carbocycles. The first kappa shape index (κ1) is 21.2. The Labute approximate surface area is 183 Å². The number of pyridine rings is 1. The molecule has 0 N–H and O–H groups in total. The van der Waals surface area contributed by atoms with Crippen molar-refractivity contribution < 1.29 is 18.7 Å².